The molecule has 0 radical (unpaired) electrons. The van der Waals surface area contributed by atoms with Crippen molar-refractivity contribution < 1.29 is 4.74 Å². The summed E-state index contributed by atoms with van der Waals surface area (Å²) >= 11 is 0. The van der Waals surface area contributed by atoms with Gasteiger partial charge in [0.05, 0.1) is 13.2 Å². The molecule has 0 aromatic rings. The van der Waals surface area contributed by atoms with Crippen LogP contribution >= 0.6 is 0 Å². The van der Waals surface area contributed by atoms with Gasteiger partial charge in [-0.2, -0.15) is 0 Å². The van der Waals surface area contributed by atoms with Crippen LogP contribution in [-0.2, 0) is 4.74 Å². The predicted molar refractivity (Wildman–Crippen MR) is 44.4 cm³/mol. The Bertz CT molecular complexity index is 132. The lowest BCUT2D eigenvalue weighted by atomic mass is 9.66. The van der Waals surface area contributed by atoms with Crippen molar-refractivity contribution in [2.24, 2.45) is 17.3 Å². The molecule has 0 aromatic heterocycles. The Morgan fingerprint density at radius 2 is 1.73 bits per heavy atom. The third-order valence-electron chi connectivity index (χ3n) is 3.52. The topological polar surface area (TPSA) is 21.3 Å². The first-order valence-electron chi connectivity index (χ1n) is 4.49. The van der Waals surface area contributed by atoms with Gasteiger partial charge in [-0.25, -0.2) is 0 Å². The van der Waals surface area contributed by atoms with Gasteiger partial charge in [0.2, 0.25) is 0 Å². The zero-order valence-electron chi connectivity index (χ0n) is 7.39. The highest BCUT2D eigenvalue weighted by Crippen LogP contribution is 2.40. The van der Waals surface area contributed by atoms with Gasteiger partial charge in [-0.1, -0.05) is 13.8 Å². The molecule has 2 nitrogen and oxygen atoms in total. The minimum atomic E-state index is 0.503. The van der Waals surface area contributed by atoms with Gasteiger partial charge >= 0.3 is 0 Å². The second-order valence-corrected chi connectivity index (χ2v) is 4.41. The molecule has 2 heterocycles. The van der Waals surface area contributed by atoms with Crippen molar-refractivity contribution in [3.63, 3.8) is 0 Å². The van der Waals surface area contributed by atoms with Crippen LogP contribution in [0.5, 0.6) is 0 Å². The summed E-state index contributed by atoms with van der Waals surface area (Å²) in [6.45, 7) is 8.96. The van der Waals surface area contributed by atoms with Crippen LogP contribution in [0.15, 0.2) is 0 Å². The summed E-state index contributed by atoms with van der Waals surface area (Å²) in [5.41, 5.74) is 0.503. The van der Waals surface area contributed by atoms with Crippen molar-refractivity contribution in [1.29, 1.82) is 0 Å². The van der Waals surface area contributed by atoms with Gasteiger partial charge in [0.25, 0.3) is 0 Å². The fraction of sp³-hybridized carbons (Fsp3) is 1.00. The van der Waals surface area contributed by atoms with Crippen LogP contribution < -0.4 is 5.32 Å². The highest BCUT2D eigenvalue weighted by Gasteiger charge is 2.43. The molecule has 2 saturated heterocycles. The van der Waals surface area contributed by atoms with Gasteiger partial charge in [0.15, 0.2) is 0 Å². The molecule has 0 spiro atoms. The van der Waals surface area contributed by atoms with Crippen molar-refractivity contribution in [2.45, 2.75) is 13.8 Å². The highest BCUT2D eigenvalue weighted by molar-refractivity contribution is 4.93. The lowest BCUT2D eigenvalue weighted by Crippen LogP contribution is -2.55. The maximum absolute atomic E-state index is 5.53. The Labute approximate surface area is 68.3 Å². The van der Waals surface area contributed by atoms with E-state index >= 15 is 0 Å². The minimum Gasteiger partial charge on any atom is -0.381 e. The smallest absolute Gasteiger partial charge is 0.0511 e. The fourth-order valence-corrected chi connectivity index (χ4v) is 2.19. The summed E-state index contributed by atoms with van der Waals surface area (Å²) in [5.74, 6) is 1.46. The Kier molecular flexibility index (Phi) is 1.69. The first-order chi connectivity index (χ1) is 5.21. The Balaban J connectivity index is 2.17. The molecule has 64 valence electrons. The zero-order valence-corrected chi connectivity index (χ0v) is 7.39. The monoisotopic (exact) mass is 155 g/mol. The summed E-state index contributed by atoms with van der Waals surface area (Å²) in [4.78, 5) is 0. The third-order valence-corrected chi connectivity index (χ3v) is 3.52. The number of piperidine rings is 1. The quantitative estimate of drug-likeness (QED) is 0.560. The Hall–Kier alpha value is -0.0800. The molecule has 2 unspecified atom stereocenters. The lowest BCUT2D eigenvalue weighted by Gasteiger charge is -2.49. The number of hydrogen-bond donors (Lipinski definition) is 1. The van der Waals surface area contributed by atoms with Gasteiger partial charge in [-0.15, -0.1) is 0 Å². The SMILES string of the molecule is CC1(C)C2CNCC1COC2. The number of ether oxygens (including phenoxy) is 1. The van der Waals surface area contributed by atoms with Crippen LogP contribution in [0.1, 0.15) is 13.8 Å². The highest BCUT2D eigenvalue weighted by atomic mass is 16.5. The standard InChI is InChI=1S/C9H17NO/c1-9(2)7-3-10-4-8(9)6-11-5-7/h7-8,10H,3-6H2,1-2H3. The number of fused-ring (bicyclic) bond motifs is 2. The maximum Gasteiger partial charge on any atom is 0.0511 e. The van der Waals surface area contributed by atoms with E-state index in [0.717, 1.165) is 38.1 Å². The van der Waals surface area contributed by atoms with E-state index in [2.05, 4.69) is 19.2 Å². The van der Waals surface area contributed by atoms with E-state index in [1.807, 2.05) is 0 Å². The maximum atomic E-state index is 5.53. The van der Waals surface area contributed by atoms with Crippen LogP contribution in [0, 0.1) is 17.3 Å². The third kappa shape index (κ3) is 1.09. The van der Waals surface area contributed by atoms with Gasteiger partial charge in [0, 0.05) is 24.9 Å². The minimum absolute atomic E-state index is 0.503. The van der Waals surface area contributed by atoms with Crippen molar-refractivity contribution in [3.8, 4) is 0 Å². The Morgan fingerprint density at radius 1 is 1.18 bits per heavy atom. The van der Waals surface area contributed by atoms with E-state index in [1.54, 1.807) is 0 Å². The summed E-state index contributed by atoms with van der Waals surface area (Å²) in [6.07, 6.45) is 0. The average molecular weight is 155 g/mol. The molecule has 2 heteroatoms. The first-order valence-corrected chi connectivity index (χ1v) is 4.49. The lowest BCUT2D eigenvalue weighted by molar-refractivity contribution is -0.0901. The van der Waals surface area contributed by atoms with Crippen LogP contribution in [0.4, 0.5) is 0 Å². The van der Waals surface area contributed by atoms with E-state index in [-0.39, 0.29) is 0 Å². The molecule has 2 aliphatic heterocycles. The van der Waals surface area contributed by atoms with E-state index in [4.69, 9.17) is 4.74 Å². The molecule has 0 saturated carbocycles. The normalized spacial score (nSPS) is 42.0. The average Bonchev–Trinajstić information content (AvgIpc) is 1.82. The van der Waals surface area contributed by atoms with Crippen molar-refractivity contribution >= 4 is 0 Å². The summed E-state index contributed by atoms with van der Waals surface area (Å²) in [7, 11) is 0. The van der Waals surface area contributed by atoms with Gasteiger partial charge in [0.1, 0.15) is 0 Å². The fourth-order valence-electron chi connectivity index (χ4n) is 2.19. The summed E-state index contributed by atoms with van der Waals surface area (Å²) < 4.78 is 5.53. The Morgan fingerprint density at radius 3 is 2.18 bits per heavy atom. The molecule has 2 fully saturated rings. The molecular formula is C9H17NO. The van der Waals surface area contributed by atoms with E-state index < -0.39 is 0 Å². The van der Waals surface area contributed by atoms with Gasteiger partial charge in [-0.3, -0.25) is 0 Å². The molecule has 11 heavy (non-hydrogen) atoms. The van der Waals surface area contributed by atoms with E-state index in [0.29, 0.717) is 5.41 Å². The summed E-state index contributed by atoms with van der Waals surface area (Å²) in [6, 6.07) is 0. The van der Waals surface area contributed by atoms with Crippen LogP contribution in [0.3, 0.4) is 0 Å². The van der Waals surface area contributed by atoms with E-state index in [1.165, 1.54) is 0 Å². The van der Waals surface area contributed by atoms with Gasteiger partial charge < -0.3 is 10.1 Å². The molecule has 2 bridgehead atoms. The van der Waals surface area contributed by atoms with Crippen LogP contribution in [-0.4, -0.2) is 26.3 Å². The molecule has 1 N–H and O–H groups in total. The van der Waals surface area contributed by atoms with Gasteiger partial charge in [-0.05, 0) is 5.41 Å². The molecular weight excluding hydrogens is 138 g/mol. The van der Waals surface area contributed by atoms with Crippen molar-refractivity contribution in [3.05, 3.63) is 0 Å². The van der Waals surface area contributed by atoms with E-state index in [9.17, 15) is 0 Å². The zero-order chi connectivity index (χ0) is 7.90. The predicted octanol–water partition coefficient (Wildman–Crippen LogP) is 0.878. The second kappa shape index (κ2) is 2.46. The number of nitrogens with one attached hydrogen (secondary N) is 1. The van der Waals surface area contributed by atoms with Crippen molar-refractivity contribution in [2.75, 3.05) is 26.3 Å². The van der Waals surface area contributed by atoms with Crippen molar-refractivity contribution in [1.82, 2.24) is 5.32 Å². The number of rotatable bonds is 0. The largest absolute Gasteiger partial charge is 0.381 e. The molecule has 2 atom stereocenters. The molecule has 2 rings (SSSR count). The number of hydrogen-bond acceptors (Lipinski definition) is 2. The molecule has 0 aromatic carbocycles. The summed E-state index contributed by atoms with van der Waals surface area (Å²) in [5, 5.41) is 3.46. The second-order valence-electron chi connectivity index (χ2n) is 4.41. The first kappa shape index (κ1) is 7.56. The van der Waals surface area contributed by atoms with Crippen LogP contribution in [0.25, 0.3) is 0 Å². The molecule has 0 aliphatic carbocycles. The molecule has 0 amide bonds. The van der Waals surface area contributed by atoms with Crippen LogP contribution in [0.2, 0.25) is 0 Å². The molecule has 2 aliphatic rings.